The van der Waals surface area contributed by atoms with Crippen molar-refractivity contribution in [2.24, 2.45) is 5.41 Å². The van der Waals surface area contributed by atoms with E-state index in [1.165, 1.54) is 0 Å². The molecule has 0 aliphatic carbocycles. The van der Waals surface area contributed by atoms with E-state index in [2.05, 4.69) is 0 Å². The van der Waals surface area contributed by atoms with Gasteiger partial charge < -0.3 is 25.5 Å². The zero-order valence-corrected chi connectivity index (χ0v) is 9.39. The van der Waals surface area contributed by atoms with Crippen molar-refractivity contribution < 1.29 is 25.5 Å². The molecule has 0 amide bonds. The summed E-state index contributed by atoms with van der Waals surface area (Å²) >= 11 is 0. The Morgan fingerprint density at radius 2 is 1.07 bits per heavy atom. The molecule has 5 heteroatoms. The SMILES string of the molecule is CCC(CO)(CO)CO.OCCCCO. The Kier molecular flexibility index (Phi) is 13.6. The van der Waals surface area contributed by atoms with Crippen LogP contribution in [0, 0.1) is 5.41 Å². The van der Waals surface area contributed by atoms with Crippen molar-refractivity contribution >= 4 is 0 Å². The third-order valence-electron chi connectivity index (χ3n) is 2.32. The minimum atomic E-state index is -0.667. The van der Waals surface area contributed by atoms with E-state index in [9.17, 15) is 0 Å². The Labute approximate surface area is 91.0 Å². The maximum absolute atomic E-state index is 8.66. The van der Waals surface area contributed by atoms with Gasteiger partial charge >= 0.3 is 0 Å². The maximum Gasteiger partial charge on any atom is 0.0531 e. The van der Waals surface area contributed by atoms with E-state index in [0.29, 0.717) is 6.42 Å². The molecule has 0 spiro atoms. The Morgan fingerprint density at radius 1 is 0.733 bits per heavy atom. The molecule has 0 bridgehead atoms. The van der Waals surface area contributed by atoms with Crippen LogP contribution in [0.15, 0.2) is 0 Å². The molecule has 0 aliphatic rings. The van der Waals surface area contributed by atoms with Crippen molar-refractivity contribution in [2.45, 2.75) is 26.2 Å². The lowest BCUT2D eigenvalue weighted by Gasteiger charge is -2.24. The van der Waals surface area contributed by atoms with E-state index in [0.717, 1.165) is 12.8 Å². The Bertz CT molecular complexity index is 92.9. The molecule has 0 unspecified atom stereocenters. The standard InChI is InChI=1S/C6H14O3.C4H10O2/c1-2-6(3-7,4-8)5-9;5-3-1-2-4-6/h7-9H,2-5H2,1H3;5-6H,1-4H2. The summed E-state index contributed by atoms with van der Waals surface area (Å²) in [6.07, 6.45) is 2.03. The lowest BCUT2D eigenvalue weighted by atomic mass is 9.88. The van der Waals surface area contributed by atoms with Gasteiger partial charge in [0.2, 0.25) is 0 Å². The molecule has 94 valence electrons. The van der Waals surface area contributed by atoms with Crippen molar-refractivity contribution in [2.75, 3.05) is 33.0 Å². The van der Waals surface area contributed by atoms with Gasteiger partial charge in [-0.3, -0.25) is 0 Å². The van der Waals surface area contributed by atoms with Crippen LogP contribution in [0.5, 0.6) is 0 Å². The Morgan fingerprint density at radius 3 is 1.13 bits per heavy atom. The van der Waals surface area contributed by atoms with Crippen LogP contribution >= 0.6 is 0 Å². The molecule has 0 atom stereocenters. The predicted molar refractivity (Wildman–Crippen MR) is 57.4 cm³/mol. The molecular weight excluding hydrogens is 200 g/mol. The number of hydrogen-bond acceptors (Lipinski definition) is 5. The highest BCUT2D eigenvalue weighted by molar-refractivity contribution is 4.74. The largest absolute Gasteiger partial charge is 0.396 e. The molecule has 0 saturated heterocycles. The van der Waals surface area contributed by atoms with Gasteiger partial charge in [-0.2, -0.15) is 0 Å². The van der Waals surface area contributed by atoms with Gasteiger partial charge in [0.05, 0.1) is 19.8 Å². The summed E-state index contributed by atoms with van der Waals surface area (Å²) in [6, 6.07) is 0. The molecule has 0 aromatic carbocycles. The molecule has 0 heterocycles. The summed E-state index contributed by atoms with van der Waals surface area (Å²) in [6.45, 7) is 1.74. The number of hydrogen-bond donors (Lipinski definition) is 5. The number of aliphatic hydroxyl groups excluding tert-OH is 5. The van der Waals surface area contributed by atoms with Crippen LogP contribution in [0.3, 0.4) is 0 Å². The first-order chi connectivity index (χ1) is 7.16. The molecule has 0 saturated carbocycles. The van der Waals surface area contributed by atoms with E-state index in [1.54, 1.807) is 0 Å². The van der Waals surface area contributed by atoms with Gasteiger partial charge in [-0.05, 0) is 19.3 Å². The maximum atomic E-state index is 8.66. The van der Waals surface area contributed by atoms with Gasteiger partial charge in [-0.15, -0.1) is 0 Å². The fraction of sp³-hybridized carbons (Fsp3) is 1.00. The summed E-state index contributed by atoms with van der Waals surface area (Å²) in [5.74, 6) is 0. The van der Waals surface area contributed by atoms with Gasteiger partial charge in [-0.25, -0.2) is 0 Å². The normalized spacial score (nSPS) is 10.8. The van der Waals surface area contributed by atoms with Gasteiger partial charge in [0.15, 0.2) is 0 Å². The second-order valence-electron chi connectivity index (χ2n) is 3.48. The van der Waals surface area contributed by atoms with Crippen LogP contribution in [0.25, 0.3) is 0 Å². The predicted octanol–water partition coefficient (Wildman–Crippen LogP) is -0.889. The molecule has 5 N–H and O–H groups in total. The second kappa shape index (κ2) is 11.9. The van der Waals surface area contributed by atoms with Crippen molar-refractivity contribution in [3.8, 4) is 0 Å². The molecule has 0 fully saturated rings. The van der Waals surface area contributed by atoms with E-state index in [1.807, 2.05) is 6.92 Å². The van der Waals surface area contributed by atoms with Crippen LogP contribution in [0.2, 0.25) is 0 Å². The number of aliphatic hydroxyl groups is 5. The first-order valence-electron chi connectivity index (χ1n) is 5.20. The highest BCUT2D eigenvalue weighted by Gasteiger charge is 2.24. The number of rotatable bonds is 7. The minimum absolute atomic E-state index is 0.156. The summed E-state index contributed by atoms with van der Waals surface area (Å²) in [7, 11) is 0. The van der Waals surface area contributed by atoms with Crippen LogP contribution < -0.4 is 0 Å². The molecule has 0 rings (SSSR count). The summed E-state index contributed by atoms with van der Waals surface area (Å²) in [4.78, 5) is 0. The van der Waals surface area contributed by atoms with E-state index in [4.69, 9.17) is 25.5 Å². The fourth-order valence-corrected chi connectivity index (χ4v) is 0.709. The van der Waals surface area contributed by atoms with E-state index in [-0.39, 0.29) is 33.0 Å². The lowest BCUT2D eigenvalue weighted by molar-refractivity contribution is 0.00304. The summed E-state index contributed by atoms with van der Waals surface area (Å²) < 4.78 is 0. The average Bonchev–Trinajstić information content (AvgIpc) is 2.31. The smallest absolute Gasteiger partial charge is 0.0531 e. The molecule has 5 nitrogen and oxygen atoms in total. The molecule has 0 aromatic rings. The third-order valence-corrected chi connectivity index (χ3v) is 2.32. The van der Waals surface area contributed by atoms with Crippen molar-refractivity contribution in [3.63, 3.8) is 0 Å². The quantitative estimate of drug-likeness (QED) is 0.361. The van der Waals surface area contributed by atoms with Crippen molar-refractivity contribution in [1.29, 1.82) is 0 Å². The zero-order chi connectivity index (χ0) is 12.2. The molecule has 15 heavy (non-hydrogen) atoms. The van der Waals surface area contributed by atoms with Gasteiger partial charge in [0, 0.05) is 18.6 Å². The Balaban J connectivity index is 0. The van der Waals surface area contributed by atoms with Crippen LogP contribution in [-0.2, 0) is 0 Å². The highest BCUT2D eigenvalue weighted by Crippen LogP contribution is 2.18. The topological polar surface area (TPSA) is 101 Å². The highest BCUT2D eigenvalue weighted by atomic mass is 16.3. The molecule has 0 aliphatic heterocycles. The number of unbranched alkanes of at least 4 members (excludes halogenated alkanes) is 1. The van der Waals surface area contributed by atoms with Gasteiger partial charge in [0.25, 0.3) is 0 Å². The first-order valence-corrected chi connectivity index (χ1v) is 5.20. The van der Waals surface area contributed by atoms with Crippen molar-refractivity contribution in [1.82, 2.24) is 0 Å². The molecule has 0 radical (unpaired) electrons. The van der Waals surface area contributed by atoms with Crippen LogP contribution in [-0.4, -0.2) is 58.6 Å². The zero-order valence-electron chi connectivity index (χ0n) is 9.39. The second-order valence-corrected chi connectivity index (χ2v) is 3.48. The van der Waals surface area contributed by atoms with Gasteiger partial charge in [0.1, 0.15) is 0 Å². The Hall–Kier alpha value is -0.200. The summed E-state index contributed by atoms with van der Waals surface area (Å²) in [5.41, 5.74) is -0.667. The van der Waals surface area contributed by atoms with Crippen LogP contribution in [0.1, 0.15) is 26.2 Å². The van der Waals surface area contributed by atoms with E-state index >= 15 is 0 Å². The molecule has 0 aromatic heterocycles. The minimum Gasteiger partial charge on any atom is -0.396 e. The lowest BCUT2D eigenvalue weighted by Crippen LogP contribution is -2.32. The monoisotopic (exact) mass is 224 g/mol. The van der Waals surface area contributed by atoms with E-state index < -0.39 is 5.41 Å². The summed E-state index contributed by atoms with van der Waals surface area (Å²) in [5, 5.41) is 42.1. The first kappa shape index (κ1) is 17.2. The third kappa shape index (κ3) is 8.77. The van der Waals surface area contributed by atoms with Crippen molar-refractivity contribution in [3.05, 3.63) is 0 Å². The van der Waals surface area contributed by atoms with Crippen LogP contribution in [0.4, 0.5) is 0 Å². The van der Waals surface area contributed by atoms with Gasteiger partial charge in [-0.1, -0.05) is 6.92 Å². The average molecular weight is 224 g/mol. The molecular formula is C10H24O5. The fourth-order valence-electron chi connectivity index (χ4n) is 0.709.